The first-order valence-electron chi connectivity index (χ1n) is 5.98. The summed E-state index contributed by atoms with van der Waals surface area (Å²) in [7, 11) is 0. The maximum atomic E-state index is 12.5. The summed E-state index contributed by atoms with van der Waals surface area (Å²) in [4.78, 5) is 18.8. The van der Waals surface area contributed by atoms with E-state index in [0.29, 0.717) is 6.20 Å². The van der Waals surface area contributed by atoms with E-state index >= 15 is 0 Å². The van der Waals surface area contributed by atoms with Gasteiger partial charge < -0.3 is 5.32 Å². The van der Waals surface area contributed by atoms with Gasteiger partial charge in [-0.2, -0.15) is 23.3 Å². The predicted molar refractivity (Wildman–Crippen MR) is 72.4 cm³/mol. The lowest BCUT2D eigenvalue weighted by Gasteiger charge is -2.10. The number of nitrogens with zero attached hydrogens (tertiary/aromatic N) is 3. The van der Waals surface area contributed by atoms with E-state index in [1.165, 1.54) is 6.33 Å². The largest absolute Gasteiger partial charge is 0.417 e. The van der Waals surface area contributed by atoms with Crippen LogP contribution in [0.3, 0.4) is 0 Å². The molecular weight excluding hydrogens is 325 g/mol. The van der Waals surface area contributed by atoms with Crippen molar-refractivity contribution in [2.75, 3.05) is 17.2 Å². The molecule has 0 spiro atoms. The summed E-state index contributed by atoms with van der Waals surface area (Å²) in [5.41, 5.74) is -0.939. The molecule has 0 aromatic carbocycles. The Labute approximate surface area is 127 Å². The highest BCUT2D eigenvalue weighted by molar-refractivity contribution is 6.32. The fourth-order valence-corrected chi connectivity index (χ4v) is 1.71. The van der Waals surface area contributed by atoms with Gasteiger partial charge in [0.15, 0.2) is 0 Å². The zero-order valence-electron chi connectivity index (χ0n) is 10.9. The Morgan fingerprint density at radius 1 is 1.36 bits per heavy atom. The summed E-state index contributed by atoms with van der Waals surface area (Å²) in [5, 5.41) is 11.0. The van der Waals surface area contributed by atoms with Gasteiger partial charge in [0.1, 0.15) is 12.1 Å². The van der Waals surface area contributed by atoms with E-state index in [1.807, 2.05) is 0 Å². The molecule has 22 heavy (non-hydrogen) atoms. The minimum Gasteiger partial charge on any atom is -0.368 e. The Balaban J connectivity index is 1.85. The molecule has 0 saturated heterocycles. The van der Waals surface area contributed by atoms with Crippen LogP contribution in [0.1, 0.15) is 12.0 Å². The molecule has 11 heteroatoms. The number of carbonyl (C=O) groups excluding carboxylic acids is 1. The summed E-state index contributed by atoms with van der Waals surface area (Å²) >= 11 is 5.72. The quantitative estimate of drug-likeness (QED) is 0.780. The number of halogens is 4. The lowest BCUT2D eigenvalue weighted by Crippen LogP contribution is -2.17. The van der Waals surface area contributed by atoms with Crippen LogP contribution in [0, 0.1) is 0 Å². The molecule has 2 aromatic rings. The topological polar surface area (TPSA) is 95.6 Å². The maximum Gasteiger partial charge on any atom is 0.417 e. The van der Waals surface area contributed by atoms with Crippen molar-refractivity contribution in [1.82, 2.24) is 20.2 Å². The van der Waals surface area contributed by atoms with Crippen LogP contribution in [0.2, 0.25) is 5.02 Å². The molecule has 3 N–H and O–H groups in total. The predicted octanol–water partition coefficient (Wildman–Crippen LogP) is 2.31. The first-order valence-corrected chi connectivity index (χ1v) is 6.36. The van der Waals surface area contributed by atoms with Crippen LogP contribution in [0.5, 0.6) is 0 Å². The van der Waals surface area contributed by atoms with Crippen LogP contribution < -0.4 is 10.6 Å². The fourth-order valence-electron chi connectivity index (χ4n) is 1.48. The van der Waals surface area contributed by atoms with E-state index in [-0.39, 0.29) is 35.7 Å². The maximum absolute atomic E-state index is 12.5. The molecule has 2 rings (SSSR count). The van der Waals surface area contributed by atoms with Gasteiger partial charge in [-0.15, -0.1) is 0 Å². The Bertz CT molecular complexity index is 646. The van der Waals surface area contributed by atoms with E-state index in [9.17, 15) is 18.0 Å². The number of H-pyrrole nitrogens is 1. The van der Waals surface area contributed by atoms with E-state index < -0.39 is 11.7 Å². The molecule has 0 atom stereocenters. The van der Waals surface area contributed by atoms with Crippen LogP contribution in [0.15, 0.2) is 18.6 Å². The third-order valence-corrected chi connectivity index (χ3v) is 2.77. The van der Waals surface area contributed by atoms with Crippen molar-refractivity contribution in [3.05, 3.63) is 29.2 Å². The van der Waals surface area contributed by atoms with Crippen LogP contribution in [-0.2, 0) is 11.0 Å². The second kappa shape index (κ2) is 6.60. The molecule has 1 amide bonds. The Morgan fingerprint density at radius 3 is 2.73 bits per heavy atom. The molecule has 118 valence electrons. The van der Waals surface area contributed by atoms with E-state index in [0.717, 1.165) is 6.07 Å². The molecule has 0 fully saturated rings. The number of alkyl halides is 3. The van der Waals surface area contributed by atoms with Gasteiger partial charge in [-0.25, -0.2) is 10.1 Å². The summed E-state index contributed by atoms with van der Waals surface area (Å²) in [6, 6.07) is 0.769. The molecule has 0 aliphatic carbocycles. The minimum absolute atomic E-state index is 0.0414. The minimum atomic E-state index is -4.51. The molecule has 2 aromatic heterocycles. The molecular formula is C11H10ClF3N6O. The van der Waals surface area contributed by atoms with Gasteiger partial charge in [0.05, 0.1) is 10.6 Å². The molecule has 0 radical (unpaired) electrons. The molecule has 0 unspecified atom stereocenters. The highest BCUT2D eigenvalue weighted by atomic mass is 35.5. The van der Waals surface area contributed by atoms with Gasteiger partial charge in [-0.05, 0) is 6.07 Å². The van der Waals surface area contributed by atoms with Crippen molar-refractivity contribution in [1.29, 1.82) is 0 Å². The van der Waals surface area contributed by atoms with Crippen LogP contribution in [0.4, 0.5) is 24.9 Å². The monoisotopic (exact) mass is 334 g/mol. The number of amides is 1. The van der Waals surface area contributed by atoms with Crippen molar-refractivity contribution in [2.24, 2.45) is 0 Å². The number of hydrogen-bond acceptors (Lipinski definition) is 5. The smallest absolute Gasteiger partial charge is 0.368 e. The van der Waals surface area contributed by atoms with Crippen molar-refractivity contribution in [2.45, 2.75) is 12.6 Å². The number of carbonyl (C=O) groups is 1. The lowest BCUT2D eigenvalue weighted by atomic mass is 10.2. The number of hydrogen-bond donors (Lipinski definition) is 3. The van der Waals surface area contributed by atoms with Gasteiger partial charge in [0.2, 0.25) is 11.9 Å². The summed E-state index contributed by atoms with van der Waals surface area (Å²) in [6.07, 6.45) is -2.56. The number of anilines is 2. The Morgan fingerprint density at radius 2 is 2.14 bits per heavy atom. The van der Waals surface area contributed by atoms with E-state index in [1.54, 1.807) is 0 Å². The van der Waals surface area contributed by atoms with Crippen LogP contribution in [-0.4, -0.2) is 32.6 Å². The average Bonchev–Trinajstić information content (AvgIpc) is 2.92. The van der Waals surface area contributed by atoms with Crippen molar-refractivity contribution < 1.29 is 18.0 Å². The second-order valence-corrected chi connectivity index (χ2v) is 4.52. The van der Waals surface area contributed by atoms with Crippen LogP contribution >= 0.6 is 11.6 Å². The second-order valence-electron chi connectivity index (χ2n) is 4.11. The molecule has 2 heterocycles. The van der Waals surface area contributed by atoms with E-state index in [2.05, 4.69) is 30.8 Å². The molecule has 7 nitrogen and oxygen atoms in total. The van der Waals surface area contributed by atoms with Gasteiger partial charge in [0.25, 0.3) is 0 Å². The fraction of sp³-hybridized carbons (Fsp3) is 0.273. The highest BCUT2D eigenvalue weighted by Gasteiger charge is 2.31. The van der Waals surface area contributed by atoms with Gasteiger partial charge in [-0.3, -0.25) is 10.1 Å². The summed E-state index contributed by atoms with van der Waals surface area (Å²) < 4.78 is 37.4. The molecule has 0 saturated carbocycles. The summed E-state index contributed by atoms with van der Waals surface area (Å²) in [5.74, 6) is -0.0786. The lowest BCUT2D eigenvalue weighted by molar-refractivity contribution is -0.137. The molecule has 0 bridgehead atoms. The van der Waals surface area contributed by atoms with Crippen LogP contribution in [0.25, 0.3) is 0 Å². The van der Waals surface area contributed by atoms with Gasteiger partial charge in [0, 0.05) is 19.2 Å². The zero-order chi connectivity index (χ0) is 16.2. The first-order chi connectivity index (χ1) is 10.4. The Kier molecular flexibility index (Phi) is 4.81. The Hall–Kier alpha value is -2.36. The number of rotatable bonds is 5. The van der Waals surface area contributed by atoms with Gasteiger partial charge in [-0.1, -0.05) is 11.6 Å². The van der Waals surface area contributed by atoms with Crippen molar-refractivity contribution in [3.8, 4) is 0 Å². The molecule has 0 aliphatic heterocycles. The SMILES string of the molecule is O=C(CCNc1ncc(C(F)(F)F)cc1Cl)Nc1ncn[nH]1. The third kappa shape index (κ3) is 4.32. The van der Waals surface area contributed by atoms with Crippen molar-refractivity contribution in [3.63, 3.8) is 0 Å². The third-order valence-electron chi connectivity index (χ3n) is 2.49. The first kappa shape index (κ1) is 16.0. The van der Waals surface area contributed by atoms with Crippen molar-refractivity contribution >= 4 is 29.3 Å². The normalized spacial score (nSPS) is 11.3. The number of pyridine rings is 1. The molecule has 0 aliphatic rings. The zero-order valence-corrected chi connectivity index (χ0v) is 11.7. The summed E-state index contributed by atoms with van der Waals surface area (Å²) in [6.45, 7) is 0.137. The number of aromatic amines is 1. The van der Waals surface area contributed by atoms with E-state index in [4.69, 9.17) is 11.6 Å². The van der Waals surface area contributed by atoms with Gasteiger partial charge >= 0.3 is 6.18 Å². The average molecular weight is 335 g/mol. The number of nitrogens with one attached hydrogen (secondary N) is 3. The number of aromatic nitrogens is 4. The highest BCUT2D eigenvalue weighted by Crippen LogP contribution is 2.32. The standard InChI is InChI=1S/C11H10ClF3N6O/c12-7-3-6(11(13,14)15)4-17-9(7)16-2-1-8(22)20-10-18-5-19-21-10/h3-5H,1-2H2,(H,16,17)(H2,18,19,20,21,22).